The fraction of sp³-hybridized carbons (Fsp3) is 0.0741. The zero-order chi connectivity index (χ0) is 21.5. The summed E-state index contributed by atoms with van der Waals surface area (Å²) in [4.78, 5) is 11.9. The molecule has 0 fully saturated rings. The van der Waals surface area contributed by atoms with Crippen LogP contribution in [0.4, 0.5) is 0 Å². The SMILES string of the molecule is O=C(O)[C@H](Cc1ccccc1Oc1ccccc1)Oc1ccc(-c2ccccc2)cc1. The number of hydrogen-bond acceptors (Lipinski definition) is 3. The van der Waals surface area contributed by atoms with Crippen LogP contribution in [0.2, 0.25) is 0 Å². The van der Waals surface area contributed by atoms with Crippen molar-refractivity contribution in [2.75, 3.05) is 0 Å². The highest BCUT2D eigenvalue weighted by molar-refractivity contribution is 5.73. The van der Waals surface area contributed by atoms with Crippen molar-refractivity contribution in [2.24, 2.45) is 0 Å². The molecule has 0 radical (unpaired) electrons. The summed E-state index contributed by atoms with van der Waals surface area (Å²) < 4.78 is 11.8. The van der Waals surface area contributed by atoms with Crippen LogP contribution >= 0.6 is 0 Å². The first-order valence-corrected chi connectivity index (χ1v) is 10.0. The first-order chi connectivity index (χ1) is 15.2. The molecule has 0 amide bonds. The quantitative estimate of drug-likeness (QED) is 0.375. The standard InChI is InChI=1S/C27H22O4/c28-27(29)26(31-24-17-15-21(16-18-24)20-9-3-1-4-10-20)19-22-11-7-8-14-25(22)30-23-12-5-2-6-13-23/h1-18,26H,19H2,(H,28,29)/t26-/m0/s1. The Labute approximate surface area is 181 Å². The number of hydrogen-bond donors (Lipinski definition) is 1. The molecule has 0 heterocycles. The molecule has 154 valence electrons. The number of ether oxygens (including phenoxy) is 2. The first kappa shape index (κ1) is 20.2. The molecule has 4 rings (SSSR count). The largest absolute Gasteiger partial charge is 0.478 e. The molecule has 1 N–H and O–H groups in total. The Morgan fingerprint density at radius 2 is 1.26 bits per heavy atom. The molecule has 0 saturated heterocycles. The second-order valence-electron chi connectivity index (χ2n) is 7.06. The smallest absolute Gasteiger partial charge is 0.345 e. The lowest BCUT2D eigenvalue weighted by Crippen LogP contribution is -2.29. The Morgan fingerprint density at radius 3 is 1.94 bits per heavy atom. The van der Waals surface area contributed by atoms with E-state index in [1.54, 1.807) is 12.1 Å². The fourth-order valence-corrected chi connectivity index (χ4v) is 3.29. The summed E-state index contributed by atoms with van der Waals surface area (Å²) in [6, 6.07) is 34.2. The molecule has 4 heteroatoms. The fourth-order valence-electron chi connectivity index (χ4n) is 3.29. The highest BCUT2D eigenvalue weighted by atomic mass is 16.5. The van der Waals surface area contributed by atoms with E-state index in [4.69, 9.17) is 9.47 Å². The van der Waals surface area contributed by atoms with Gasteiger partial charge in [0.05, 0.1) is 0 Å². The number of carboxylic acid groups (broad SMARTS) is 1. The predicted molar refractivity (Wildman–Crippen MR) is 121 cm³/mol. The summed E-state index contributed by atoms with van der Waals surface area (Å²) in [5.74, 6) is 0.789. The molecule has 0 spiro atoms. The summed E-state index contributed by atoms with van der Waals surface area (Å²) in [6.45, 7) is 0. The maximum Gasteiger partial charge on any atom is 0.345 e. The molecular weight excluding hydrogens is 388 g/mol. The Hall–Kier alpha value is -4.05. The van der Waals surface area contributed by atoms with Gasteiger partial charge in [-0.15, -0.1) is 0 Å². The lowest BCUT2D eigenvalue weighted by Gasteiger charge is -2.18. The van der Waals surface area contributed by atoms with E-state index in [1.165, 1.54) is 0 Å². The van der Waals surface area contributed by atoms with Gasteiger partial charge in [-0.25, -0.2) is 4.79 Å². The van der Waals surface area contributed by atoms with E-state index in [9.17, 15) is 9.90 Å². The van der Waals surface area contributed by atoms with Crippen molar-refractivity contribution in [3.63, 3.8) is 0 Å². The summed E-state index contributed by atoms with van der Waals surface area (Å²) in [6.07, 6.45) is -0.859. The molecule has 0 bridgehead atoms. The monoisotopic (exact) mass is 410 g/mol. The van der Waals surface area contributed by atoms with Gasteiger partial charge in [-0.2, -0.15) is 0 Å². The summed E-state index contributed by atoms with van der Waals surface area (Å²) in [7, 11) is 0. The molecule has 1 atom stereocenters. The molecule has 0 aromatic heterocycles. The lowest BCUT2D eigenvalue weighted by molar-refractivity contribution is -0.145. The van der Waals surface area contributed by atoms with Crippen LogP contribution in [0.3, 0.4) is 0 Å². The van der Waals surface area contributed by atoms with Crippen molar-refractivity contribution < 1.29 is 19.4 Å². The molecule has 4 aromatic carbocycles. The second kappa shape index (κ2) is 9.63. The van der Waals surface area contributed by atoms with Crippen molar-refractivity contribution >= 4 is 5.97 Å². The minimum absolute atomic E-state index is 0.179. The van der Waals surface area contributed by atoms with Gasteiger partial charge >= 0.3 is 5.97 Å². The van der Waals surface area contributed by atoms with Crippen LogP contribution in [0.1, 0.15) is 5.56 Å². The Kier molecular flexibility index (Phi) is 6.29. The number of rotatable bonds is 8. The van der Waals surface area contributed by atoms with Gasteiger partial charge in [0.15, 0.2) is 6.10 Å². The Bertz CT molecular complexity index is 1120. The topological polar surface area (TPSA) is 55.8 Å². The third-order valence-corrected chi connectivity index (χ3v) is 4.86. The van der Waals surface area contributed by atoms with Crippen LogP contribution in [0, 0.1) is 0 Å². The molecule has 4 nitrogen and oxygen atoms in total. The molecule has 0 unspecified atom stereocenters. The summed E-state index contributed by atoms with van der Waals surface area (Å²) in [5, 5.41) is 9.74. The van der Waals surface area contributed by atoms with Crippen molar-refractivity contribution in [3.05, 3.63) is 115 Å². The van der Waals surface area contributed by atoms with Gasteiger partial charge in [0.1, 0.15) is 17.2 Å². The average Bonchev–Trinajstić information content (AvgIpc) is 2.81. The third kappa shape index (κ3) is 5.31. The molecule has 0 saturated carbocycles. The second-order valence-corrected chi connectivity index (χ2v) is 7.06. The van der Waals surface area contributed by atoms with Gasteiger partial charge in [0.2, 0.25) is 0 Å². The van der Waals surface area contributed by atoms with Gasteiger partial charge in [-0.3, -0.25) is 0 Å². The van der Waals surface area contributed by atoms with Crippen molar-refractivity contribution in [2.45, 2.75) is 12.5 Å². The van der Waals surface area contributed by atoms with Gasteiger partial charge < -0.3 is 14.6 Å². The molecule has 31 heavy (non-hydrogen) atoms. The van der Waals surface area contributed by atoms with Crippen molar-refractivity contribution in [1.29, 1.82) is 0 Å². The van der Waals surface area contributed by atoms with Crippen LogP contribution in [0.5, 0.6) is 17.2 Å². The number of carboxylic acids is 1. The van der Waals surface area contributed by atoms with Gasteiger partial charge in [0, 0.05) is 6.42 Å². The molecule has 0 aliphatic rings. The zero-order valence-corrected chi connectivity index (χ0v) is 16.8. The number of aliphatic carboxylic acids is 1. The van der Waals surface area contributed by atoms with Crippen LogP contribution in [-0.4, -0.2) is 17.2 Å². The normalized spacial score (nSPS) is 11.5. The van der Waals surface area contributed by atoms with E-state index in [2.05, 4.69) is 0 Å². The number of para-hydroxylation sites is 2. The Balaban J connectivity index is 1.50. The summed E-state index contributed by atoms with van der Waals surface area (Å²) in [5.41, 5.74) is 2.90. The first-order valence-electron chi connectivity index (χ1n) is 10.0. The van der Waals surface area contributed by atoms with Crippen LogP contribution in [0.15, 0.2) is 109 Å². The lowest BCUT2D eigenvalue weighted by atomic mass is 10.1. The van der Waals surface area contributed by atoms with E-state index >= 15 is 0 Å². The van der Waals surface area contributed by atoms with Gasteiger partial charge in [-0.05, 0) is 47.0 Å². The van der Waals surface area contributed by atoms with Gasteiger partial charge in [-0.1, -0.05) is 78.9 Å². The molecule has 0 aliphatic carbocycles. The van der Waals surface area contributed by atoms with Crippen LogP contribution in [0.25, 0.3) is 11.1 Å². The molecular formula is C27H22O4. The van der Waals surface area contributed by atoms with Crippen LogP contribution in [-0.2, 0) is 11.2 Å². The van der Waals surface area contributed by atoms with E-state index in [-0.39, 0.29) is 6.42 Å². The molecule has 4 aromatic rings. The van der Waals surface area contributed by atoms with Crippen molar-refractivity contribution in [3.8, 4) is 28.4 Å². The van der Waals surface area contributed by atoms with E-state index in [0.29, 0.717) is 17.2 Å². The highest BCUT2D eigenvalue weighted by Crippen LogP contribution is 2.28. The Morgan fingerprint density at radius 1 is 0.677 bits per heavy atom. The minimum Gasteiger partial charge on any atom is -0.478 e. The molecule has 0 aliphatic heterocycles. The zero-order valence-electron chi connectivity index (χ0n) is 16.8. The van der Waals surface area contributed by atoms with Gasteiger partial charge in [0.25, 0.3) is 0 Å². The number of carbonyl (C=O) groups is 1. The maximum absolute atomic E-state index is 11.9. The number of benzene rings is 4. The van der Waals surface area contributed by atoms with E-state index in [1.807, 2.05) is 97.1 Å². The maximum atomic E-state index is 11.9. The van der Waals surface area contributed by atoms with Crippen LogP contribution < -0.4 is 9.47 Å². The van der Waals surface area contributed by atoms with E-state index in [0.717, 1.165) is 16.7 Å². The summed E-state index contributed by atoms with van der Waals surface area (Å²) >= 11 is 0. The third-order valence-electron chi connectivity index (χ3n) is 4.86. The van der Waals surface area contributed by atoms with E-state index < -0.39 is 12.1 Å². The van der Waals surface area contributed by atoms with Crippen molar-refractivity contribution in [1.82, 2.24) is 0 Å². The minimum atomic E-state index is -1.04. The predicted octanol–water partition coefficient (Wildman–Crippen LogP) is 6.22. The average molecular weight is 410 g/mol. The highest BCUT2D eigenvalue weighted by Gasteiger charge is 2.22.